The first-order chi connectivity index (χ1) is 7.97. The average molecular weight is 240 g/mol. The Hall–Kier alpha value is -1.85. The van der Waals surface area contributed by atoms with Crippen molar-refractivity contribution in [3.63, 3.8) is 0 Å². The molecule has 0 saturated carbocycles. The number of nitrogens with one attached hydrogen (secondary N) is 1. The molecule has 0 aliphatic rings. The zero-order chi connectivity index (χ0) is 13.0. The van der Waals surface area contributed by atoms with Crippen LogP contribution in [0.3, 0.4) is 0 Å². The Morgan fingerprint density at radius 3 is 2.65 bits per heavy atom. The molecule has 0 unspecified atom stereocenters. The molecular formula is C11H16N2O4. The molecule has 0 spiro atoms. The first-order valence-electron chi connectivity index (χ1n) is 5.28. The number of hydrogen-bond donors (Lipinski definition) is 1. The number of nitrogens with zero attached hydrogens (tertiary/aromatic N) is 1. The van der Waals surface area contributed by atoms with Crippen molar-refractivity contribution in [1.82, 2.24) is 10.5 Å². The number of aryl methyl sites for hydroxylation is 1. The van der Waals surface area contributed by atoms with Gasteiger partial charge in [0.15, 0.2) is 5.76 Å². The van der Waals surface area contributed by atoms with Gasteiger partial charge < -0.3 is 14.6 Å². The molecule has 1 aromatic rings. The van der Waals surface area contributed by atoms with Crippen LogP contribution in [-0.2, 0) is 9.53 Å². The summed E-state index contributed by atoms with van der Waals surface area (Å²) in [7, 11) is 1.26. The molecule has 0 aliphatic heterocycles. The largest absolute Gasteiger partial charge is 0.468 e. The molecule has 0 aromatic carbocycles. The van der Waals surface area contributed by atoms with Crippen LogP contribution in [0.5, 0.6) is 0 Å². The van der Waals surface area contributed by atoms with Gasteiger partial charge in [0.2, 0.25) is 0 Å². The van der Waals surface area contributed by atoms with Gasteiger partial charge in [-0.15, -0.1) is 0 Å². The van der Waals surface area contributed by atoms with Gasteiger partial charge >= 0.3 is 5.97 Å². The van der Waals surface area contributed by atoms with E-state index in [4.69, 9.17) is 4.52 Å². The Labute approximate surface area is 99.3 Å². The number of carbonyl (C=O) groups excluding carboxylic acids is 2. The van der Waals surface area contributed by atoms with Gasteiger partial charge in [-0.05, 0) is 6.92 Å². The van der Waals surface area contributed by atoms with Gasteiger partial charge in [-0.25, -0.2) is 0 Å². The molecule has 0 aliphatic carbocycles. The van der Waals surface area contributed by atoms with E-state index < -0.39 is 5.97 Å². The van der Waals surface area contributed by atoms with E-state index in [1.165, 1.54) is 7.11 Å². The second-order valence-corrected chi connectivity index (χ2v) is 3.92. The number of carbonyl (C=O) groups is 2. The Kier molecular flexibility index (Phi) is 4.25. The minimum atomic E-state index is -0.501. The molecule has 6 nitrogen and oxygen atoms in total. The molecular weight excluding hydrogens is 224 g/mol. The summed E-state index contributed by atoms with van der Waals surface area (Å²) >= 11 is 0. The predicted octanol–water partition coefficient (Wildman–Crippen LogP) is 1.01. The summed E-state index contributed by atoms with van der Waals surface area (Å²) in [5, 5.41) is 6.21. The number of hydrogen-bond acceptors (Lipinski definition) is 5. The summed E-state index contributed by atoms with van der Waals surface area (Å²) in [6.07, 6.45) is 0. The maximum Gasteiger partial charge on any atom is 0.325 e. The molecule has 17 heavy (non-hydrogen) atoms. The molecule has 1 rings (SSSR count). The van der Waals surface area contributed by atoms with Gasteiger partial charge in [-0.3, -0.25) is 9.59 Å². The van der Waals surface area contributed by atoms with Crippen molar-refractivity contribution in [2.75, 3.05) is 13.7 Å². The number of ether oxygens (including phenoxy) is 1. The summed E-state index contributed by atoms with van der Waals surface area (Å²) in [5.41, 5.74) is 0.903. The highest BCUT2D eigenvalue weighted by atomic mass is 16.5. The fraction of sp³-hybridized carbons (Fsp3) is 0.545. The Balaban J connectivity index is 2.81. The highest BCUT2D eigenvalue weighted by Gasteiger charge is 2.22. The fourth-order valence-corrected chi connectivity index (χ4v) is 1.37. The summed E-state index contributed by atoms with van der Waals surface area (Å²) in [6.45, 7) is 5.31. The van der Waals surface area contributed by atoms with Crippen molar-refractivity contribution >= 4 is 11.9 Å². The van der Waals surface area contributed by atoms with Crippen LogP contribution in [0.2, 0.25) is 0 Å². The Morgan fingerprint density at radius 2 is 2.12 bits per heavy atom. The SMILES string of the molecule is COC(=O)CNC(=O)c1c(C)noc1C(C)C. The molecule has 1 amide bonds. The highest BCUT2D eigenvalue weighted by Crippen LogP contribution is 2.21. The van der Waals surface area contributed by atoms with E-state index in [1.54, 1.807) is 6.92 Å². The third kappa shape index (κ3) is 3.05. The van der Waals surface area contributed by atoms with Gasteiger partial charge in [-0.1, -0.05) is 19.0 Å². The fourth-order valence-electron chi connectivity index (χ4n) is 1.37. The lowest BCUT2D eigenvalue weighted by molar-refractivity contribution is -0.139. The monoisotopic (exact) mass is 240 g/mol. The van der Waals surface area contributed by atoms with Crippen LogP contribution < -0.4 is 5.32 Å². The first-order valence-corrected chi connectivity index (χ1v) is 5.28. The number of rotatable bonds is 4. The molecule has 0 radical (unpaired) electrons. The number of aromatic nitrogens is 1. The van der Waals surface area contributed by atoms with Crippen LogP contribution in [0, 0.1) is 6.92 Å². The summed E-state index contributed by atoms with van der Waals surface area (Å²) < 4.78 is 9.52. The van der Waals surface area contributed by atoms with Gasteiger partial charge in [0.1, 0.15) is 12.1 Å². The lowest BCUT2D eigenvalue weighted by Gasteiger charge is -2.05. The van der Waals surface area contributed by atoms with E-state index in [9.17, 15) is 9.59 Å². The number of amides is 1. The lowest BCUT2D eigenvalue weighted by Crippen LogP contribution is -2.31. The quantitative estimate of drug-likeness (QED) is 0.794. The van der Waals surface area contributed by atoms with Crippen molar-refractivity contribution in [1.29, 1.82) is 0 Å². The molecule has 94 valence electrons. The first kappa shape index (κ1) is 13.2. The molecule has 0 bridgehead atoms. The van der Waals surface area contributed by atoms with Crippen LogP contribution in [0.1, 0.15) is 41.6 Å². The molecule has 0 saturated heterocycles. The van der Waals surface area contributed by atoms with Gasteiger partial charge in [0.25, 0.3) is 5.91 Å². The standard InChI is InChI=1S/C11H16N2O4/c1-6(2)10-9(7(3)13-17-10)11(15)12-5-8(14)16-4/h6H,5H2,1-4H3,(H,12,15). The predicted molar refractivity (Wildman–Crippen MR) is 59.7 cm³/mol. The van der Waals surface area contributed by atoms with Crippen molar-refractivity contribution in [2.45, 2.75) is 26.7 Å². The third-order valence-electron chi connectivity index (χ3n) is 2.26. The molecule has 0 atom stereocenters. The van der Waals surface area contributed by atoms with E-state index >= 15 is 0 Å². The average Bonchev–Trinajstić information content (AvgIpc) is 2.67. The van der Waals surface area contributed by atoms with Crippen molar-refractivity contribution in [3.05, 3.63) is 17.0 Å². The van der Waals surface area contributed by atoms with Crippen LogP contribution >= 0.6 is 0 Å². The minimum absolute atomic E-state index is 0.0510. The maximum absolute atomic E-state index is 11.9. The minimum Gasteiger partial charge on any atom is -0.468 e. The zero-order valence-electron chi connectivity index (χ0n) is 10.4. The number of esters is 1. The van der Waals surface area contributed by atoms with Gasteiger partial charge in [-0.2, -0.15) is 0 Å². The molecule has 0 fully saturated rings. The second-order valence-electron chi connectivity index (χ2n) is 3.92. The van der Waals surface area contributed by atoms with Crippen LogP contribution in [0.25, 0.3) is 0 Å². The van der Waals surface area contributed by atoms with Crippen LogP contribution in [0.15, 0.2) is 4.52 Å². The van der Waals surface area contributed by atoms with E-state index in [-0.39, 0.29) is 18.4 Å². The lowest BCUT2D eigenvalue weighted by atomic mass is 10.0. The van der Waals surface area contributed by atoms with Crippen molar-refractivity contribution in [2.24, 2.45) is 0 Å². The molecule has 6 heteroatoms. The van der Waals surface area contributed by atoms with E-state index in [2.05, 4.69) is 15.2 Å². The molecule has 1 heterocycles. The highest BCUT2D eigenvalue weighted by molar-refractivity contribution is 5.97. The topological polar surface area (TPSA) is 81.4 Å². The van der Waals surface area contributed by atoms with Gasteiger partial charge in [0, 0.05) is 5.92 Å². The molecule has 1 N–H and O–H groups in total. The van der Waals surface area contributed by atoms with Crippen molar-refractivity contribution in [3.8, 4) is 0 Å². The third-order valence-corrected chi connectivity index (χ3v) is 2.26. The van der Waals surface area contributed by atoms with E-state index in [0.717, 1.165) is 0 Å². The normalized spacial score (nSPS) is 10.4. The Morgan fingerprint density at radius 1 is 1.47 bits per heavy atom. The van der Waals surface area contributed by atoms with Crippen LogP contribution in [0.4, 0.5) is 0 Å². The summed E-state index contributed by atoms with van der Waals surface area (Å²) in [4.78, 5) is 22.8. The number of methoxy groups -OCH3 is 1. The zero-order valence-corrected chi connectivity index (χ0v) is 10.4. The van der Waals surface area contributed by atoms with E-state index in [0.29, 0.717) is 17.0 Å². The summed E-state index contributed by atoms with van der Waals surface area (Å²) in [6, 6.07) is 0. The van der Waals surface area contributed by atoms with Crippen molar-refractivity contribution < 1.29 is 18.8 Å². The Bertz CT molecular complexity index is 423. The molecule has 1 aromatic heterocycles. The smallest absolute Gasteiger partial charge is 0.325 e. The summed E-state index contributed by atoms with van der Waals surface area (Å²) in [5.74, 6) is -0.309. The maximum atomic E-state index is 11.9. The van der Waals surface area contributed by atoms with Gasteiger partial charge in [0.05, 0.1) is 12.8 Å². The second kappa shape index (κ2) is 5.47. The van der Waals surface area contributed by atoms with Crippen LogP contribution in [-0.4, -0.2) is 30.7 Å². The van der Waals surface area contributed by atoms with E-state index in [1.807, 2.05) is 13.8 Å².